The minimum absolute atomic E-state index is 0.207. The lowest BCUT2D eigenvalue weighted by Gasteiger charge is -2.14. The Morgan fingerprint density at radius 2 is 2.17 bits per heavy atom. The number of carbonyl (C=O) groups is 2. The van der Waals surface area contributed by atoms with E-state index in [9.17, 15) is 9.59 Å². The Morgan fingerprint density at radius 1 is 1.44 bits per heavy atom. The molecule has 0 aliphatic carbocycles. The Kier molecular flexibility index (Phi) is 4.16. The van der Waals surface area contributed by atoms with Crippen LogP contribution in [-0.4, -0.2) is 22.6 Å². The summed E-state index contributed by atoms with van der Waals surface area (Å²) < 4.78 is 6.11. The van der Waals surface area contributed by atoms with Crippen LogP contribution in [0.2, 0.25) is 0 Å². The third-order valence-electron chi connectivity index (χ3n) is 2.29. The lowest BCUT2D eigenvalue weighted by Crippen LogP contribution is -2.31. The van der Waals surface area contributed by atoms with E-state index in [0.717, 1.165) is 15.5 Å². The van der Waals surface area contributed by atoms with E-state index in [1.807, 2.05) is 19.9 Å². The van der Waals surface area contributed by atoms with Crippen molar-refractivity contribution in [1.29, 1.82) is 0 Å². The third kappa shape index (κ3) is 2.97. The second kappa shape index (κ2) is 5.48. The summed E-state index contributed by atoms with van der Waals surface area (Å²) in [5.74, 6) is 0.627. The second-order valence-corrected chi connectivity index (χ2v) is 6.38. The number of imide groups is 1. The summed E-state index contributed by atoms with van der Waals surface area (Å²) in [5.41, 5.74) is 0. The van der Waals surface area contributed by atoms with Crippen molar-refractivity contribution in [1.82, 2.24) is 4.90 Å². The molecule has 4 nitrogen and oxygen atoms in total. The molecular weight excluding hydrogens is 365 g/mol. The Hall–Kier alpha value is -0.760. The molecule has 0 saturated carbocycles. The summed E-state index contributed by atoms with van der Waals surface area (Å²) in [7, 11) is 0. The van der Waals surface area contributed by atoms with E-state index in [2.05, 4.69) is 22.6 Å². The number of thioether (sulfide) groups is 1. The number of rotatable bonds is 3. The van der Waals surface area contributed by atoms with Crippen LogP contribution in [0.5, 0.6) is 0 Å². The first-order valence-corrected chi connectivity index (χ1v) is 7.37. The molecule has 1 aromatic rings. The summed E-state index contributed by atoms with van der Waals surface area (Å²) in [6.45, 7) is 4.40. The number of hydrogen-bond acceptors (Lipinski definition) is 4. The number of carbonyl (C=O) groups excluding carboxylic acids is 2. The quantitative estimate of drug-likeness (QED) is 0.597. The first-order valence-electron chi connectivity index (χ1n) is 5.48. The second-order valence-electron chi connectivity index (χ2n) is 4.33. The SMILES string of the molecule is CC(C)CN1C(=O)SC(=Cc2ccc(I)o2)C1=O. The fourth-order valence-electron chi connectivity index (χ4n) is 1.56. The topological polar surface area (TPSA) is 50.5 Å². The molecule has 2 amide bonds. The number of hydrogen-bond donors (Lipinski definition) is 0. The first kappa shape index (κ1) is 13.7. The van der Waals surface area contributed by atoms with Gasteiger partial charge in [-0.25, -0.2) is 0 Å². The van der Waals surface area contributed by atoms with Crippen LogP contribution in [0, 0.1) is 9.68 Å². The molecule has 0 bridgehead atoms. The maximum atomic E-state index is 12.0. The lowest BCUT2D eigenvalue weighted by molar-refractivity contribution is -0.123. The number of halogens is 1. The van der Waals surface area contributed by atoms with Gasteiger partial charge >= 0.3 is 0 Å². The molecule has 18 heavy (non-hydrogen) atoms. The van der Waals surface area contributed by atoms with Crippen LogP contribution in [0.25, 0.3) is 6.08 Å². The van der Waals surface area contributed by atoms with Crippen molar-refractivity contribution in [2.45, 2.75) is 13.8 Å². The Labute approximate surface area is 123 Å². The largest absolute Gasteiger partial charge is 0.451 e. The third-order valence-corrected chi connectivity index (χ3v) is 3.78. The standard InChI is InChI=1S/C12H12INO3S/c1-7(2)6-14-11(15)9(18-12(14)16)5-8-3-4-10(13)17-8/h3-5,7H,6H2,1-2H3. The van der Waals surface area contributed by atoms with Crippen molar-refractivity contribution in [3.8, 4) is 0 Å². The van der Waals surface area contributed by atoms with Gasteiger partial charge in [0.25, 0.3) is 11.1 Å². The summed E-state index contributed by atoms with van der Waals surface area (Å²) in [6, 6.07) is 3.59. The van der Waals surface area contributed by atoms with Gasteiger partial charge in [0.2, 0.25) is 0 Å². The molecule has 0 N–H and O–H groups in total. The molecule has 0 radical (unpaired) electrons. The normalized spacial score (nSPS) is 18.4. The predicted octanol–water partition coefficient (Wildman–Crippen LogP) is 3.58. The molecule has 2 rings (SSSR count). The molecule has 2 heterocycles. The van der Waals surface area contributed by atoms with E-state index in [4.69, 9.17) is 4.42 Å². The highest BCUT2D eigenvalue weighted by molar-refractivity contribution is 14.1. The van der Waals surface area contributed by atoms with Crippen LogP contribution in [0.15, 0.2) is 21.5 Å². The molecule has 0 unspecified atom stereocenters. The molecule has 0 spiro atoms. The fraction of sp³-hybridized carbons (Fsp3) is 0.333. The molecule has 6 heteroatoms. The molecule has 1 saturated heterocycles. The van der Waals surface area contributed by atoms with Crippen LogP contribution >= 0.6 is 34.4 Å². The summed E-state index contributed by atoms with van der Waals surface area (Å²) in [6.07, 6.45) is 1.62. The average Bonchev–Trinajstić information content (AvgIpc) is 2.78. The van der Waals surface area contributed by atoms with Gasteiger partial charge < -0.3 is 4.42 Å². The van der Waals surface area contributed by atoms with Crippen molar-refractivity contribution in [2.24, 2.45) is 5.92 Å². The highest BCUT2D eigenvalue weighted by Gasteiger charge is 2.35. The van der Waals surface area contributed by atoms with Crippen molar-refractivity contribution >= 4 is 51.6 Å². The molecule has 1 fully saturated rings. The van der Waals surface area contributed by atoms with Gasteiger partial charge in [-0.15, -0.1) is 0 Å². The van der Waals surface area contributed by atoms with E-state index in [-0.39, 0.29) is 17.1 Å². The van der Waals surface area contributed by atoms with Crippen LogP contribution in [0.1, 0.15) is 19.6 Å². The molecule has 1 aliphatic heterocycles. The van der Waals surface area contributed by atoms with Crippen molar-refractivity contribution < 1.29 is 14.0 Å². The van der Waals surface area contributed by atoms with Gasteiger partial charge in [0, 0.05) is 12.6 Å². The zero-order chi connectivity index (χ0) is 13.3. The Balaban J connectivity index is 2.19. The van der Waals surface area contributed by atoms with Gasteiger partial charge in [-0.3, -0.25) is 14.5 Å². The lowest BCUT2D eigenvalue weighted by atomic mass is 10.2. The molecule has 0 atom stereocenters. The fourth-order valence-corrected chi connectivity index (χ4v) is 2.82. The van der Waals surface area contributed by atoms with E-state index < -0.39 is 0 Å². The molecular formula is C12H12INO3S. The van der Waals surface area contributed by atoms with Gasteiger partial charge in [0.15, 0.2) is 3.77 Å². The zero-order valence-electron chi connectivity index (χ0n) is 9.97. The summed E-state index contributed by atoms with van der Waals surface area (Å²) in [4.78, 5) is 25.5. The maximum Gasteiger partial charge on any atom is 0.293 e. The van der Waals surface area contributed by atoms with Crippen LogP contribution in [0.4, 0.5) is 4.79 Å². The summed E-state index contributed by atoms with van der Waals surface area (Å²) in [5, 5.41) is -0.207. The Bertz CT molecular complexity index is 521. The average molecular weight is 377 g/mol. The van der Waals surface area contributed by atoms with Crippen molar-refractivity contribution in [3.63, 3.8) is 0 Å². The summed E-state index contributed by atoms with van der Waals surface area (Å²) >= 11 is 3.02. The highest BCUT2D eigenvalue weighted by atomic mass is 127. The smallest absolute Gasteiger partial charge is 0.293 e. The monoisotopic (exact) mass is 377 g/mol. The van der Waals surface area contributed by atoms with Crippen LogP contribution in [0.3, 0.4) is 0 Å². The maximum absolute atomic E-state index is 12.0. The van der Waals surface area contributed by atoms with E-state index >= 15 is 0 Å². The van der Waals surface area contributed by atoms with Crippen molar-refractivity contribution in [3.05, 3.63) is 26.6 Å². The van der Waals surface area contributed by atoms with Gasteiger partial charge in [0.1, 0.15) is 5.76 Å². The van der Waals surface area contributed by atoms with Crippen LogP contribution < -0.4 is 0 Å². The van der Waals surface area contributed by atoms with E-state index in [1.165, 1.54) is 4.90 Å². The van der Waals surface area contributed by atoms with E-state index in [0.29, 0.717) is 17.2 Å². The Morgan fingerprint density at radius 3 is 2.72 bits per heavy atom. The van der Waals surface area contributed by atoms with Crippen molar-refractivity contribution in [2.75, 3.05) is 6.54 Å². The van der Waals surface area contributed by atoms with Gasteiger partial charge in [-0.2, -0.15) is 0 Å². The molecule has 1 aromatic heterocycles. The molecule has 1 aliphatic rings. The number of amides is 2. The molecule has 0 aromatic carbocycles. The van der Waals surface area contributed by atoms with Gasteiger partial charge in [-0.05, 0) is 52.4 Å². The minimum Gasteiger partial charge on any atom is -0.451 e. The number of nitrogens with zero attached hydrogens (tertiary/aromatic N) is 1. The highest BCUT2D eigenvalue weighted by Crippen LogP contribution is 2.32. The first-order chi connectivity index (χ1) is 8.47. The number of furan rings is 1. The predicted molar refractivity (Wildman–Crippen MR) is 78.9 cm³/mol. The minimum atomic E-state index is -0.231. The van der Waals surface area contributed by atoms with E-state index in [1.54, 1.807) is 12.1 Å². The van der Waals surface area contributed by atoms with Gasteiger partial charge in [0.05, 0.1) is 4.91 Å². The van der Waals surface area contributed by atoms with Gasteiger partial charge in [-0.1, -0.05) is 13.8 Å². The zero-order valence-corrected chi connectivity index (χ0v) is 12.9. The molecule has 96 valence electrons. The van der Waals surface area contributed by atoms with Crippen LogP contribution in [-0.2, 0) is 4.79 Å².